The van der Waals surface area contributed by atoms with Crippen LogP contribution in [-0.2, 0) is 9.59 Å². The second-order valence-corrected chi connectivity index (χ2v) is 7.02. The number of hydrogen-bond acceptors (Lipinski definition) is 4. The van der Waals surface area contributed by atoms with Crippen LogP contribution in [0.15, 0.2) is 18.2 Å². The largest absolute Gasteiger partial charge is 0.494 e. The van der Waals surface area contributed by atoms with Gasteiger partial charge >= 0.3 is 12.0 Å². The number of aliphatic carboxylic acids is 1. The molecule has 3 rings (SSSR count). The highest BCUT2D eigenvalue weighted by Crippen LogP contribution is 2.34. The van der Waals surface area contributed by atoms with Crippen molar-refractivity contribution in [2.75, 3.05) is 23.9 Å². The van der Waals surface area contributed by atoms with Gasteiger partial charge in [-0.2, -0.15) is 0 Å². The molecule has 1 saturated heterocycles. The molecule has 0 bridgehead atoms. The molecule has 0 aromatic heterocycles. The Bertz CT molecular complexity index is 728. The van der Waals surface area contributed by atoms with Crippen molar-refractivity contribution in [3.8, 4) is 5.75 Å². The molecular weight excluding hydrogens is 350 g/mol. The van der Waals surface area contributed by atoms with E-state index in [4.69, 9.17) is 9.84 Å². The zero-order chi connectivity index (χ0) is 19.4. The molecule has 0 spiro atoms. The summed E-state index contributed by atoms with van der Waals surface area (Å²) >= 11 is 0. The van der Waals surface area contributed by atoms with Crippen LogP contribution in [0.5, 0.6) is 5.75 Å². The van der Waals surface area contributed by atoms with E-state index in [2.05, 4.69) is 10.6 Å². The van der Waals surface area contributed by atoms with Crippen molar-refractivity contribution in [3.63, 3.8) is 0 Å². The quantitative estimate of drug-likeness (QED) is 0.733. The highest BCUT2D eigenvalue weighted by molar-refractivity contribution is 5.97. The Morgan fingerprint density at radius 3 is 2.56 bits per heavy atom. The van der Waals surface area contributed by atoms with Crippen LogP contribution >= 0.6 is 0 Å². The third-order valence-corrected chi connectivity index (χ3v) is 5.21. The summed E-state index contributed by atoms with van der Waals surface area (Å²) in [7, 11) is 1.53. The predicted molar refractivity (Wildman–Crippen MR) is 100 cm³/mol. The van der Waals surface area contributed by atoms with Gasteiger partial charge in [-0.1, -0.05) is 0 Å². The van der Waals surface area contributed by atoms with Crippen LogP contribution in [0, 0.1) is 5.92 Å². The summed E-state index contributed by atoms with van der Waals surface area (Å²) < 4.78 is 5.39. The average molecular weight is 375 g/mol. The first kappa shape index (κ1) is 19.0. The molecule has 1 aliphatic carbocycles. The van der Waals surface area contributed by atoms with E-state index in [1.54, 1.807) is 23.1 Å². The fourth-order valence-electron chi connectivity index (χ4n) is 3.72. The fourth-order valence-corrected chi connectivity index (χ4v) is 3.72. The number of methoxy groups -OCH3 is 1. The minimum absolute atomic E-state index is 0.0241. The summed E-state index contributed by atoms with van der Waals surface area (Å²) in [5.41, 5.74) is 1.27. The van der Waals surface area contributed by atoms with Gasteiger partial charge in [0.1, 0.15) is 5.75 Å². The minimum Gasteiger partial charge on any atom is -0.494 e. The molecule has 1 aliphatic heterocycles. The number of ether oxygens (including phenoxy) is 1. The minimum atomic E-state index is -0.762. The number of benzene rings is 1. The molecule has 1 saturated carbocycles. The third kappa shape index (κ3) is 4.50. The SMILES string of the molecule is COc1cc(NC(=O)NC2CCC(C(=O)O)CC2)ccc1N1CCCC1=O. The summed E-state index contributed by atoms with van der Waals surface area (Å²) in [5.74, 6) is -0.466. The van der Waals surface area contributed by atoms with Crippen LogP contribution in [0.2, 0.25) is 0 Å². The Balaban J connectivity index is 1.58. The van der Waals surface area contributed by atoms with Crippen LogP contribution in [0.25, 0.3) is 0 Å². The fraction of sp³-hybridized carbons (Fsp3) is 0.526. The maximum absolute atomic E-state index is 12.2. The van der Waals surface area contributed by atoms with Gasteiger partial charge in [0.05, 0.1) is 18.7 Å². The summed E-state index contributed by atoms with van der Waals surface area (Å²) in [6.45, 7) is 0.668. The Morgan fingerprint density at radius 1 is 1.22 bits per heavy atom. The van der Waals surface area contributed by atoms with Crippen molar-refractivity contribution in [2.24, 2.45) is 5.92 Å². The standard InChI is InChI=1S/C19H25N3O5/c1-27-16-11-14(8-9-15(16)22-10-2-3-17(22)23)21-19(26)20-13-6-4-12(5-7-13)18(24)25/h8-9,11-13H,2-7,10H2,1H3,(H,24,25)(H2,20,21,26). The van der Waals surface area contributed by atoms with Gasteiger partial charge in [0.25, 0.3) is 0 Å². The zero-order valence-electron chi connectivity index (χ0n) is 15.4. The molecule has 8 nitrogen and oxygen atoms in total. The molecule has 1 heterocycles. The van der Waals surface area contributed by atoms with E-state index in [0.29, 0.717) is 55.8 Å². The first-order valence-electron chi connectivity index (χ1n) is 9.26. The molecule has 3 N–H and O–H groups in total. The first-order chi connectivity index (χ1) is 13.0. The lowest BCUT2D eigenvalue weighted by atomic mass is 9.86. The normalized spacial score (nSPS) is 22.4. The number of hydrogen-bond donors (Lipinski definition) is 3. The lowest BCUT2D eigenvalue weighted by Gasteiger charge is -2.27. The highest BCUT2D eigenvalue weighted by atomic mass is 16.5. The Morgan fingerprint density at radius 2 is 1.96 bits per heavy atom. The van der Waals surface area contributed by atoms with Crippen LogP contribution in [-0.4, -0.2) is 42.7 Å². The maximum Gasteiger partial charge on any atom is 0.319 e. The molecule has 1 aromatic rings. The summed E-state index contributed by atoms with van der Waals surface area (Å²) in [5, 5.41) is 14.7. The van der Waals surface area contributed by atoms with Crippen molar-refractivity contribution in [3.05, 3.63) is 18.2 Å². The first-order valence-corrected chi connectivity index (χ1v) is 9.26. The Labute approximate surface area is 157 Å². The number of anilines is 2. The molecule has 2 aliphatic rings. The van der Waals surface area contributed by atoms with Gasteiger partial charge in [0, 0.05) is 30.8 Å². The Hall–Kier alpha value is -2.77. The summed E-state index contributed by atoms with van der Waals surface area (Å²) in [6.07, 6.45) is 3.83. The number of carboxylic acid groups (broad SMARTS) is 1. The van der Waals surface area contributed by atoms with Crippen LogP contribution < -0.4 is 20.3 Å². The van der Waals surface area contributed by atoms with E-state index in [1.807, 2.05) is 0 Å². The lowest BCUT2D eigenvalue weighted by Crippen LogP contribution is -2.41. The summed E-state index contributed by atoms with van der Waals surface area (Å²) in [4.78, 5) is 36.9. The lowest BCUT2D eigenvalue weighted by molar-refractivity contribution is -0.142. The van der Waals surface area contributed by atoms with E-state index in [-0.39, 0.29) is 23.9 Å². The van der Waals surface area contributed by atoms with Crippen molar-refractivity contribution in [1.82, 2.24) is 5.32 Å². The molecule has 3 amide bonds. The van der Waals surface area contributed by atoms with Crippen LogP contribution in [0.3, 0.4) is 0 Å². The molecular formula is C19H25N3O5. The number of rotatable bonds is 5. The molecule has 2 fully saturated rings. The highest BCUT2D eigenvalue weighted by Gasteiger charge is 2.27. The molecule has 146 valence electrons. The maximum atomic E-state index is 12.2. The van der Waals surface area contributed by atoms with E-state index in [0.717, 1.165) is 6.42 Å². The molecule has 0 radical (unpaired) electrons. The topological polar surface area (TPSA) is 108 Å². The van der Waals surface area contributed by atoms with Crippen LogP contribution in [0.4, 0.5) is 16.2 Å². The number of nitrogens with zero attached hydrogens (tertiary/aromatic N) is 1. The van der Waals surface area contributed by atoms with Gasteiger partial charge in [-0.3, -0.25) is 9.59 Å². The molecule has 8 heteroatoms. The van der Waals surface area contributed by atoms with E-state index in [9.17, 15) is 14.4 Å². The Kier molecular flexibility index (Phi) is 5.83. The second kappa shape index (κ2) is 8.28. The molecule has 0 atom stereocenters. The number of nitrogens with one attached hydrogen (secondary N) is 2. The second-order valence-electron chi connectivity index (χ2n) is 7.02. The average Bonchev–Trinajstić information content (AvgIpc) is 3.07. The number of urea groups is 1. The molecule has 27 heavy (non-hydrogen) atoms. The number of amides is 3. The van der Waals surface area contributed by atoms with Gasteiger partial charge in [0.15, 0.2) is 0 Å². The van der Waals surface area contributed by atoms with Crippen molar-refractivity contribution in [1.29, 1.82) is 0 Å². The molecule has 0 unspecified atom stereocenters. The van der Waals surface area contributed by atoms with E-state index >= 15 is 0 Å². The van der Waals surface area contributed by atoms with Crippen LogP contribution in [0.1, 0.15) is 38.5 Å². The molecule has 1 aromatic carbocycles. The monoisotopic (exact) mass is 375 g/mol. The smallest absolute Gasteiger partial charge is 0.319 e. The van der Waals surface area contributed by atoms with Gasteiger partial charge in [-0.05, 0) is 44.2 Å². The van der Waals surface area contributed by atoms with Gasteiger partial charge in [-0.15, -0.1) is 0 Å². The van der Waals surface area contributed by atoms with Gasteiger partial charge < -0.3 is 25.4 Å². The number of carbonyl (C=O) groups is 3. The zero-order valence-corrected chi connectivity index (χ0v) is 15.4. The van der Waals surface area contributed by atoms with Gasteiger partial charge in [-0.25, -0.2) is 4.79 Å². The van der Waals surface area contributed by atoms with Crippen molar-refractivity contribution >= 4 is 29.3 Å². The van der Waals surface area contributed by atoms with Crippen molar-refractivity contribution in [2.45, 2.75) is 44.6 Å². The van der Waals surface area contributed by atoms with E-state index in [1.165, 1.54) is 7.11 Å². The van der Waals surface area contributed by atoms with E-state index < -0.39 is 5.97 Å². The van der Waals surface area contributed by atoms with Crippen molar-refractivity contribution < 1.29 is 24.2 Å². The number of carbonyl (C=O) groups excluding carboxylic acids is 2. The summed E-state index contributed by atoms with van der Waals surface area (Å²) in [6, 6.07) is 4.85. The van der Waals surface area contributed by atoms with Gasteiger partial charge in [0.2, 0.25) is 5.91 Å². The predicted octanol–water partition coefficient (Wildman–Crippen LogP) is 2.59. The number of carboxylic acids is 1. The third-order valence-electron chi connectivity index (χ3n) is 5.21.